The highest BCUT2D eigenvalue weighted by atomic mass is 16.5. The number of fused-ring (bicyclic) bond motifs is 4. The van der Waals surface area contributed by atoms with Crippen molar-refractivity contribution in [3.05, 3.63) is 24.3 Å². The number of nitrogens with zero attached hydrogens (tertiary/aromatic N) is 1. The van der Waals surface area contributed by atoms with E-state index in [9.17, 15) is 19.2 Å². The van der Waals surface area contributed by atoms with Crippen LogP contribution in [0.4, 0.5) is 11.4 Å². The summed E-state index contributed by atoms with van der Waals surface area (Å²) in [5.41, 5.74) is 0.706. The number of anilines is 2. The molecule has 0 radical (unpaired) electrons. The molecule has 1 aromatic carbocycles. The second kappa shape index (κ2) is 12.7. The van der Waals surface area contributed by atoms with Crippen molar-refractivity contribution in [2.45, 2.75) is 90.5 Å². The zero-order valence-corrected chi connectivity index (χ0v) is 23.9. The fraction of sp³-hybridized carbons (Fsp3) is 0.688. The van der Waals surface area contributed by atoms with Crippen molar-refractivity contribution in [2.75, 3.05) is 23.4 Å². The van der Waals surface area contributed by atoms with Crippen molar-refractivity contribution in [3.63, 3.8) is 0 Å². The average molecular weight is 553 g/mol. The number of nitrogens with one attached hydrogen (secondary N) is 1. The van der Waals surface area contributed by atoms with Crippen molar-refractivity contribution in [3.8, 4) is 0 Å². The Balaban J connectivity index is 1.42. The number of rotatable bonds is 6. The standard InChI is InChI=1S/C32H44N2O6/c1-3-39-31(37)29(35)33-26-13-5-6-14-27(26)34(30(36)32(38)40-4-2)25-18-22-11-8-12-23(19-25)28(22)24-16-20-9-7-10-21(15-20)17-24/h5-6,13-14,20-25,28H,3-4,7-12,15-19H2,1-2H3,(H,33,35)/t20-,21+,22-,23+,24-,25-,28?. The van der Waals surface area contributed by atoms with Crippen molar-refractivity contribution in [2.24, 2.45) is 35.5 Å². The molecular formula is C32H44N2O6. The summed E-state index contributed by atoms with van der Waals surface area (Å²) in [4.78, 5) is 52.7. The lowest BCUT2D eigenvalue weighted by Crippen LogP contribution is -2.53. The Morgan fingerprint density at radius 2 is 1.38 bits per heavy atom. The van der Waals surface area contributed by atoms with Gasteiger partial charge in [-0.1, -0.05) is 50.7 Å². The molecule has 1 aromatic rings. The van der Waals surface area contributed by atoms with Gasteiger partial charge in [0.1, 0.15) is 0 Å². The zero-order chi connectivity index (χ0) is 28.2. The Morgan fingerprint density at radius 1 is 0.775 bits per heavy atom. The molecule has 218 valence electrons. The first-order valence-corrected chi connectivity index (χ1v) is 15.5. The highest BCUT2D eigenvalue weighted by molar-refractivity contribution is 6.40. The summed E-state index contributed by atoms with van der Waals surface area (Å²) in [7, 11) is 0. The second-order valence-corrected chi connectivity index (χ2v) is 12.4. The Labute approximate surface area is 237 Å². The molecule has 4 aliphatic rings. The molecule has 0 saturated heterocycles. The maximum absolute atomic E-state index is 13.7. The number of esters is 2. The molecule has 5 rings (SSSR count). The van der Waals surface area contributed by atoms with Crippen LogP contribution in [0.15, 0.2) is 24.3 Å². The second-order valence-electron chi connectivity index (χ2n) is 12.4. The molecule has 0 aliphatic heterocycles. The van der Waals surface area contributed by atoms with Crippen LogP contribution in [0.2, 0.25) is 0 Å². The molecular weight excluding hydrogens is 508 g/mol. The molecule has 4 fully saturated rings. The van der Waals surface area contributed by atoms with E-state index in [1.54, 1.807) is 43.0 Å². The van der Waals surface area contributed by atoms with Gasteiger partial charge < -0.3 is 14.8 Å². The van der Waals surface area contributed by atoms with E-state index in [4.69, 9.17) is 9.47 Å². The predicted molar refractivity (Wildman–Crippen MR) is 151 cm³/mol. The molecule has 2 amide bonds. The molecule has 7 atom stereocenters. The average Bonchev–Trinajstić information content (AvgIpc) is 2.93. The number of amides is 2. The third kappa shape index (κ3) is 6.06. The van der Waals surface area contributed by atoms with Gasteiger partial charge in [-0.2, -0.15) is 0 Å². The number of carbonyl (C=O) groups is 4. The lowest BCUT2D eigenvalue weighted by molar-refractivity contribution is -0.153. The first-order valence-electron chi connectivity index (χ1n) is 15.5. The van der Waals surface area contributed by atoms with Gasteiger partial charge in [-0.3, -0.25) is 14.5 Å². The third-order valence-corrected chi connectivity index (χ3v) is 10.0. The zero-order valence-electron chi connectivity index (χ0n) is 23.9. The minimum Gasteiger partial charge on any atom is -0.459 e. The van der Waals surface area contributed by atoms with Crippen molar-refractivity contribution >= 4 is 35.1 Å². The molecule has 1 N–H and O–H groups in total. The molecule has 8 nitrogen and oxygen atoms in total. The fourth-order valence-electron chi connectivity index (χ4n) is 8.76. The smallest absolute Gasteiger partial charge is 0.397 e. The first kappa shape index (κ1) is 28.6. The summed E-state index contributed by atoms with van der Waals surface area (Å²) in [5.74, 6) is 0.710. The Bertz CT molecular complexity index is 1080. The summed E-state index contributed by atoms with van der Waals surface area (Å²) in [5, 5.41) is 2.61. The number of para-hydroxylation sites is 2. The van der Waals surface area contributed by atoms with Gasteiger partial charge in [-0.25, -0.2) is 9.59 Å². The summed E-state index contributed by atoms with van der Waals surface area (Å²) in [6.07, 6.45) is 13.5. The number of benzene rings is 1. The summed E-state index contributed by atoms with van der Waals surface area (Å²) >= 11 is 0. The molecule has 8 heteroatoms. The molecule has 4 bridgehead atoms. The lowest BCUT2D eigenvalue weighted by Gasteiger charge is -2.53. The Kier molecular flexibility index (Phi) is 9.11. The Hall–Kier alpha value is -2.90. The van der Waals surface area contributed by atoms with Gasteiger partial charge in [0.05, 0.1) is 24.6 Å². The van der Waals surface area contributed by atoms with Crippen LogP contribution in [-0.2, 0) is 28.7 Å². The van der Waals surface area contributed by atoms with Crippen molar-refractivity contribution in [1.29, 1.82) is 0 Å². The van der Waals surface area contributed by atoms with Crippen LogP contribution in [-0.4, -0.2) is 43.0 Å². The van der Waals surface area contributed by atoms with E-state index in [1.165, 1.54) is 44.9 Å². The van der Waals surface area contributed by atoms with Gasteiger partial charge in [0.2, 0.25) is 0 Å². The van der Waals surface area contributed by atoms with Crippen LogP contribution in [0.25, 0.3) is 0 Å². The molecule has 0 spiro atoms. The highest BCUT2D eigenvalue weighted by Gasteiger charge is 2.49. The predicted octanol–water partition coefficient (Wildman–Crippen LogP) is 5.50. The number of carbonyl (C=O) groups excluding carboxylic acids is 4. The highest BCUT2D eigenvalue weighted by Crippen LogP contribution is 2.55. The maximum Gasteiger partial charge on any atom is 0.397 e. The fourth-order valence-corrected chi connectivity index (χ4v) is 8.76. The van der Waals surface area contributed by atoms with Gasteiger partial charge >= 0.3 is 23.8 Å². The van der Waals surface area contributed by atoms with Gasteiger partial charge in [0.15, 0.2) is 0 Å². The van der Waals surface area contributed by atoms with Gasteiger partial charge in [-0.15, -0.1) is 0 Å². The van der Waals surface area contributed by atoms with E-state index in [0.717, 1.165) is 43.4 Å². The summed E-state index contributed by atoms with van der Waals surface area (Å²) in [6.45, 7) is 3.49. The summed E-state index contributed by atoms with van der Waals surface area (Å²) in [6, 6.07) is 6.68. The minimum absolute atomic E-state index is 0.0792. The van der Waals surface area contributed by atoms with Crippen molar-refractivity contribution in [1.82, 2.24) is 0 Å². The van der Waals surface area contributed by atoms with Crippen LogP contribution in [0.3, 0.4) is 0 Å². The molecule has 0 aromatic heterocycles. The topological polar surface area (TPSA) is 102 Å². The molecule has 0 heterocycles. The number of hydrogen-bond donors (Lipinski definition) is 1. The first-order chi connectivity index (χ1) is 19.4. The van der Waals surface area contributed by atoms with Crippen LogP contribution in [0.1, 0.15) is 84.5 Å². The van der Waals surface area contributed by atoms with E-state index in [-0.39, 0.29) is 19.3 Å². The SMILES string of the molecule is CCOC(=O)C(=O)Nc1ccccc1N(C(=O)C(=O)OCC)[C@@H]1C[C@H]2CCC[C@@H](C1)C2[C@@H]1C[C@@H]2CCC[C@@H](C2)C1. The van der Waals surface area contributed by atoms with Gasteiger partial charge in [0.25, 0.3) is 0 Å². The van der Waals surface area contributed by atoms with Crippen molar-refractivity contribution < 1.29 is 28.7 Å². The Morgan fingerprint density at radius 3 is 2.02 bits per heavy atom. The normalized spacial score (nSPS) is 31.0. The van der Waals surface area contributed by atoms with Crippen LogP contribution in [0.5, 0.6) is 0 Å². The van der Waals surface area contributed by atoms with E-state index < -0.39 is 23.8 Å². The molecule has 4 aliphatic carbocycles. The van der Waals surface area contributed by atoms with E-state index in [1.807, 2.05) is 0 Å². The van der Waals surface area contributed by atoms with E-state index in [2.05, 4.69) is 5.32 Å². The third-order valence-electron chi connectivity index (χ3n) is 10.0. The van der Waals surface area contributed by atoms with Gasteiger partial charge in [-0.05, 0) is 93.6 Å². The summed E-state index contributed by atoms with van der Waals surface area (Å²) < 4.78 is 10.0. The largest absolute Gasteiger partial charge is 0.459 e. The maximum atomic E-state index is 13.7. The van der Waals surface area contributed by atoms with Crippen LogP contribution < -0.4 is 10.2 Å². The molecule has 40 heavy (non-hydrogen) atoms. The van der Waals surface area contributed by atoms with E-state index >= 15 is 0 Å². The quantitative estimate of drug-likeness (QED) is 0.370. The van der Waals surface area contributed by atoms with Gasteiger partial charge in [0, 0.05) is 6.04 Å². The molecule has 1 unspecified atom stereocenters. The monoisotopic (exact) mass is 552 g/mol. The van der Waals surface area contributed by atoms with Crippen LogP contribution >= 0.6 is 0 Å². The number of ether oxygens (including phenoxy) is 2. The number of hydrogen-bond acceptors (Lipinski definition) is 6. The lowest BCUT2D eigenvalue weighted by atomic mass is 9.54. The molecule has 4 saturated carbocycles. The van der Waals surface area contributed by atoms with E-state index in [0.29, 0.717) is 29.1 Å². The van der Waals surface area contributed by atoms with Crippen LogP contribution in [0, 0.1) is 35.5 Å². The minimum atomic E-state index is -0.993.